The molecule has 1 aromatic carbocycles. The average molecular weight is 332 g/mol. The molecule has 1 aliphatic heterocycles. The first-order chi connectivity index (χ1) is 11.6. The average Bonchev–Trinajstić information content (AvgIpc) is 3.23. The molecule has 130 valence electrons. The second kappa shape index (κ2) is 7.66. The molecule has 2 aliphatic rings. The highest BCUT2D eigenvalue weighted by Crippen LogP contribution is 2.22. The quantitative estimate of drug-likeness (QED) is 0.823. The van der Waals surface area contributed by atoms with E-state index in [0.29, 0.717) is 24.0 Å². The standard InChI is InChI=1S/C18H24N2O4/c1-20(11-17(21)19-13-8-9-13)18(22)15-6-2-3-7-16(15)24-12-14-5-4-10-23-14/h2-3,6-7,13-14H,4-5,8-12H2,1H3,(H,19,21). The fourth-order valence-corrected chi connectivity index (χ4v) is 2.72. The molecule has 1 N–H and O–H groups in total. The molecule has 2 fully saturated rings. The third-order valence-corrected chi connectivity index (χ3v) is 4.24. The number of amides is 2. The van der Waals surface area contributed by atoms with Crippen LogP contribution >= 0.6 is 0 Å². The van der Waals surface area contributed by atoms with Crippen molar-refractivity contribution in [2.24, 2.45) is 0 Å². The van der Waals surface area contributed by atoms with Crippen LogP contribution in [0.4, 0.5) is 0 Å². The van der Waals surface area contributed by atoms with Crippen molar-refractivity contribution in [3.05, 3.63) is 29.8 Å². The van der Waals surface area contributed by atoms with E-state index in [0.717, 1.165) is 32.3 Å². The molecule has 1 aliphatic carbocycles. The maximum atomic E-state index is 12.6. The van der Waals surface area contributed by atoms with E-state index in [1.807, 2.05) is 6.07 Å². The summed E-state index contributed by atoms with van der Waals surface area (Å²) in [6.07, 6.45) is 4.19. The number of hydrogen-bond acceptors (Lipinski definition) is 4. The van der Waals surface area contributed by atoms with Gasteiger partial charge in [-0.25, -0.2) is 0 Å². The van der Waals surface area contributed by atoms with Gasteiger partial charge in [0, 0.05) is 19.7 Å². The number of hydrogen-bond donors (Lipinski definition) is 1. The van der Waals surface area contributed by atoms with Crippen LogP contribution in [-0.2, 0) is 9.53 Å². The summed E-state index contributed by atoms with van der Waals surface area (Å²) in [5.41, 5.74) is 0.470. The Hall–Kier alpha value is -2.08. The minimum atomic E-state index is -0.219. The van der Waals surface area contributed by atoms with E-state index < -0.39 is 0 Å². The number of ether oxygens (including phenoxy) is 2. The Kier molecular flexibility index (Phi) is 5.35. The summed E-state index contributed by atoms with van der Waals surface area (Å²) in [6, 6.07) is 7.43. The van der Waals surface area contributed by atoms with Gasteiger partial charge in [-0.15, -0.1) is 0 Å². The van der Waals surface area contributed by atoms with Crippen molar-refractivity contribution < 1.29 is 19.1 Å². The highest BCUT2D eigenvalue weighted by Gasteiger charge is 2.25. The van der Waals surface area contributed by atoms with E-state index in [9.17, 15) is 9.59 Å². The van der Waals surface area contributed by atoms with Crippen LogP contribution in [0.15, 0.2) is 24.3 Å². The predicted molar refractivity (Wildman–Crippen MR) is 89.0 cm³/mol. The Morgan fingerprint density at radius 2 is 2.08 bits per heavy atom. The van der Waals surface area contributed by atoms with Crippen molar-refractivity contribution in [1.82, 2.24) is 10.2 Å². The number of nitrogens with zero attached hydrogens (tertiary/aromatic N) is 1. The molecule has 1 heterocycles. The van der Waals surface area contributed by atoms with Gasteiger partial charge in [-0.05, 0) is 37.8 Å². The van der Waals surface area contributed by atoms with E-state index >= 15 is 0 Å². The number of para-hydroxylation sites is 1. The molecule has 1 unspecified atom stereocenters. The summed E-state index contributed by atoms with van der Waals surface area (Å²) in [5, 5.41) is 2.89. The smallest absolute Gasteiger partial charge is 0.257 e. The highest BCUT2D eigenvalue weighted by atomic mass is 16.5. The molecular weight excluding hydrogens is 308 g/mol. The lowest BCUT2D eigenvalue weighted by molar-refractivity contribution is -0.121. The van der Waals surface area contributed by atoms with E-state index in [-0.39, 0.29) is 24.5 Å². The molecule has 24 heavy (non-hydrogen) atoms. The van der Waals surface area contributed by atoms with Crippen LogP contribution < -0.4 is 10.1 Å². The summed E-state index contributed by atoms with van der Waals surface area (Å²) in [4.78, 5) is 25.9. The Balaban J connectivity index is 1.59. The van der Waals surface area contributed by atoms with Gasteiger partial charge in [0.1, 0.15) is 12.4 Å². The number of likely N-dealkylation sites (N-methyl/N-ethyl adjacent to an activating group) is 1. The van der Waals surface area contributed by atoms with E-state index in [2.05, 4.69) is 5.32 Å². The van der Waals surface area contributed by atoms with Crippen molar-refractivity contribution in [2.75, 3.05) is 26.8 Å². The first-order valence-electron chi connectivity index (χ1n) is 8.52. The van der Waals surface area contributed by atoms with Gasteiger partial charge in [-0.1, -0.05) is 12.1 Å². The maximum Gasteiger partial charge on any atom is 0.257 e. The SMILES string of the molecule is CN(CC(=O)NC1CC1)C(=O)c1ccccc1OCC1CCCO1. The van der Waals surface area contributed by atoms with Crippen LogP contribution in [0.2, 0.25) is 0 Å². The normalized spacial score (nSPS) is 19.8. The number of carbonyl (C=O) groups excluding carboxylic acids is 2. The van der Waals surface area contributed by atoms with Crippen LogP contribution in [-0.4, -0.2) is 55.7 Å². The van der Waals surface area contributed by atoms with Crippen molar-refractivity contribution in [3.63, 3.8) is 0 Å². The van der Waals surface area contributed by atoms with Crippen LogP contribution in [0, 0.1) is 0 Å². The Morgan fingerprint density at radius 1 is 1.29 bits per heavy atom. The summed E-state index contributed by atoms with van der Waals surface area (Å²) in [7, 11) is 1.63. The molecule has 0 radical (unpaired) electrons. The molecule has 6 heteroatoms. The highest BCUT2D eigenvalue weighted by molar-refractivity contribution is 5.98. The molecule has 0 aromatic heterocycles. The van der Waals surface area contributed by atoms with Crippen LogP contribution in [0.5, 0.6) is 5.75 Å². The monoisotopic (exact) mass is 332 g/mol. The maximum absolute atomic E-state index is 12.6. The van der Waals surface area contributed by atoms with Gasteiger partial charge < -0.3 is 19.7 Å². The summed E-state index contributed by atoms with van der Waals surface area (Å²) < 4.78 is 11.3. The topological polar surface area (TPSA) is 67.9 Å². The van der Waals surface area contributed by atoms with Gasteiger partial charge in [-0.3, -0.25) is 9.59 Å². The number of nitrogens with one attached hydrogen (secondary N) is 1. The molecule has 2 amide bonds. The van der Waals surface area contributed by atoms with Crippen LogP contribution in [0.3, 0.4) is 0 Å². The van der Waals surface area contributed by atoms with E-state index in [1.54, 1.807) is 25.2 Å². The van der Waals surface area contributed by atoms with E-state index in [4.69, 9.17) is 9.47 Å². The van der Waals surface area contributed by atoms with Gasteiger partial charge in [0.2, 0.25) is 5.91 Å². The molecule has 1 atom stereocenters. The number of rotatable bonds is 7. The molecule has 1 saturated heterocycles. The number of carbonyl (C=O) groups is 2. The lowest BCUT2D eigenvalue weighted by atomic mass is 10.1. The van der Waals surface area contributed by atoms with Crippen molar-refractivity contribution >= 4 is 11.8 Å². The largest absolute Gasteiger partial charge is 0.490 e. The molecule has 1 aromatic rings. The lowest BCUT2D eigenvalue weighted by Crippen LogP contribution is -2.39. The second-order valence-electron chi connectivity index (χ2n) is 6.45. The fourth-order valence-electron chi connectivity index (χ4n) is 2.72. The predicted octanol–water partition coefficient (Wildman–Crippen LogP) is 1.59. The third-order valence-electron chi connectivity index (χ3n) is 4.24. The zero-order chi connectivity index (χ0) is 16.9. The van der Waals surface area contributed by atoms with Gasteiger partial charge >= 0.3 is 0 Å². The minimum Gasteiger partial charge on any atom is -0.490 e. The molecule has 0 spiro atoms. The molecule has 6 nitrogen and oxygen atoms in total. The summed E-state index contributed by atoms with van der Waals surface area (Å²) in [6.45, 7) is 1.26. The first kappa shape index (κ1) is 16.8. The van der Waals surface area contributed by atoms with Crippen molar-refractivity contribution in [3.8, 4) is 5.75 Å². The van der Waals surface area contributed by atoms with Gasteiger partial charge in [0.25, 0.3) is 5.91 Å². The van der Waals surface area contributed by atoms with E-state index in [1.165, 1.54) is 4.90 Å². The van der Waals surface area contributed by atoms with Gasteiger partial charge in [0.05, 0.1) is 18.2 Å². The molecular formula is C18H24N2O4. The second-order valence-corrected chi connectivity index (χ2v) is 6.45. The molecule has 3 rings (SSSR count). The van der Waals surface area contributed by atoms with Gasteiger partial charge in [0.15, 0.2) is 0 Å². The van der Waals surface area contributed by atoms with Crippen LogP contribution in [0.1, 0.15) is 36.0 Å². The Labute approximate surface area is 142 Å². The van der Waals surface area contributed by atoms with Crippen molar-refractivity contribution in [2.45, 2.75) is 37.8 Å². The Bertz CT molecular complexity index is 594. The molecule has 1 saturated carbocycles. The minimum absolute atomic E-state index is 0.0510. The summed E-state index contributed by atoms with van der Waals surface area (Å²) >= 11 is 0. The van der Waals surface area contributed by atoms with Crippen molar-refractivity contribution in [1.29, 1.82) is 0 Å². The van der Waals surface area contributed by atoms with Crippen LogP contribution in [0.25, 0.3) is 0 Å². The lowest BCUT2D eigenvalue weighted by Gasteiger charge is -2.19. The zero-order valence-corrected chi connectivity index (χ0v) is 14.0. The fraction of sp³-hybridized carbons (Fsp3) is 0.556. The zero-order valence-electron chi connectivity index (χ0n) is 14.0. The Morgan fingerprint density at radius 3 is 2.79 bits per heavy atom. The molecule has 0 bridgehead atoms. The third kappa shape index (κ3) is 4.47. The first-order valence-corrected chi connectivity index (χ1v) is 8.52. The van der Waals surface area contributed by atoms with Gasteiger partial charge in [-0.2, -0.15) is 0 Å². The number of benzene rings is 1. The summed E-state index contributed by atoms with van der Waals surface area (Å²) in [5.74, 6) is 0.197.